The second-order valence-electron chi connectivity index (χ2n) is 5.81. The molecule has 1 aliphatic carbocycles. The van der Waals surface area contributed by atoms with Crippen molar-refractivity contribution in [1.29, 1.82) is 0 Å². The fourth-order valence-electron chi connectivity index (χ4n) is 2.78. The molecule has 0 bridgehead atoms. The monoisotopic (exact) mass is 352 g/mol. The lowest BCUT2D eigenvalue weighted by atomic mass is 9.76. The third-order valence-electron chi connectivity index (χ3n) is 4.16. The second-order valence-corrected chi connectivity index (χ2v) is 8.92. The van der Waals surface area contributed by atoms with Gasteiger partial charge in [-0.2, -0.15) is 0 Å². The Labute approximate surface area is 140 Å². The molecule has 5 nitrogen and oxygen atoms in total. The number of aromatic nitrogens is 1. The number of sulfonamides is 1. The summed E-state index contributed by atoms with van der Waals surface area (Å²) in [5.41, 5.74) is 0.695. The molecule has 0 aromatic carbocycles. The van der Waals surface area contributed by atoms with Gasteiger partial charge in [0.15, 0.2) is 0 Å². The molecule has 0 spiro atoms. The van der Waals surface area contributed by atoms with Crippen molar-refractivity contribution in [1.82, 2.24) is 9.71 Å². The van der Waals surface area contributed by atoms with E-state index in [2.05, 4.69) is 9.71 Å². The van der Waals surface area contributed by atoms with E-state index in [4.69, 9.17) is 0 Å². The van der Waals surface area contributed by atoms with Crippen LogP contribution >= 0.6 is 11.3 Å². The summed E-state index contributed by atoms with van der Waals surface area (Å²) in [7, 11) is -3.59. The summed E-state index contributed by atoms with van der Waals surface area (Å²) in [6.07, 6.45) is 3.32. The number of thiophene rings is 1. The van der Waals surface area contributed by atoms with Crippen molar-refractivity contribution >= 4 is 21.4 Å². The minimum absolute atomic E-state index is 0.0697. The summed E-state index contributed by atoms with van der Waals surface area (Å²) in [4.78, 5) is 5.34. The van der Waals surface area contributed by atoms with Gasteiger partial charge in [-0.1, -0.05) is 13.0 Å². The second kappa shape index (κ2) is 6.68. The summed E-state index contributed by atoms with van der Waals surface area (Å²) >= 11 is 1.29. The van der Waals surface area contributed by atoms with Gasteiger partial charge in [-0.05, 0) is 49.4 Å². The number of nitrogens with one attached hydrogen (secondary N) is 1. The maximum absolute atomic E-state index is 12.7. The van der Waals surface area contributed by atoms with Crippen LogP contribution in [0.1, 0.15) is 36.4 Å². The van der Waals surface area contributed by atoms with E-state index in [-0.39, 0.29) is 12.0 Å². The van der Waals surface area contributed by atoms with Gasteiger partial charge >= 0.3 is 0 Å². The Kier molecular flexibility index (Phi) is 4.82. The highest BCUT2D eigenvalue weighted by Crippen LogP contribution is 2.38. The highest BCUT2D eigenvalue weighted by molar-refractivity contribution is 7.91. The molecule has 2 N–H and O–H groups in total. The lowest BCUT2D eigenvalue weighted by molar-refractivity contribution is 0.0273. The zero-order valence-electron chi connectivity index (χ0n) is 12.8. The summed E-state index contributed by atoms with van der Waals surface area (Å²) in [5, 5.41) is 9.57. The van der Waals surface area contributed by atoms with Crippen LogP contribution in [0.2, 0.25) is 0 Å². The van der Waals surface area contributed by atoms with Crippen molar-refractivity contribution in [2.45, 2.75) is 42.5 Å². The fraction of sp³-hybridized carbons (Fsp3) is 0.438. The Bertz CT molecular complexity index is 753. The Balaban J connectivity index is 1.85. The number of hydrogen-bond donors (Lipinski definition) is 2. The number of hydrogen-bond acceptors (Lipinski definition) is 5. The maximum Gasteiger partial charge on any atom is 0.250 e. The van der Waals surface area contributed by atoms with Crippen molar-refractivity contribution in [2.75, 3.05) is 0 Å². The molecule has 0 saturated heterocycles. The molecule has 2 aromatic rings. The summed E-state index contributed by atoms with van der Waals surface area (Å²) in [6, 6.07) is 8.57. The number of aliphatic hydroxyl groups excluding tert-OH is 1. The Hall–Kier alpha value is -1.28. The molecule has 1 fully saturated rings. The smallest absolute Gasteiger partial charge is 0.250 e. The molecule has 7 heteroatoms. The number of aliphatic hydroxyl groups is 1. The van der Waals surface area contributed by atoms with Crippen LogP contribution in [-0.4, -0.2) is 24.6 Å². The number of rotatable bonds is 6. The first-order chi connectivity index (χ1) is 11.0. The molecule has 1 atom stereocenters. The Morgan fingerprint density at radius 2 is 2.13 bits per heavy atom. The SMILES string of the molecule is CCc1ccc(S(=O)(=O)N[C@@H](c2ccccn2)C2CC(O)C2)s1. The highest BCUT2D eigenvalue weighted by Gasteiger charge is 2.38. The zero-order valence-corrected chi connectivity index (χ0v) is 14.5. The van der Waals surface area contributed by atoms with Crippen LogP contribution in [0.4, 0.5) is 0 Å². The predicted molar refractivity (Wildman–Crippen MR) is 89.7 cm³/mol. The van der Waals surface area contributed by atoms with Gasteiger partial charge in [-0.15, -0.1) is 11.3 Å². The molecule has 0 amide bonds. The molecule has 0 unspecified atom stereocenters. The lowest BCUT2D eigenvalue weighted by Gasteiger charge is -2.37. The van der Waals surface area contributed by atoms with Crippen LogP contribution in [0, 0.1) is 5.92 Å². The van der Waals surface area contributed by atoms with E-state index < -0.39 is 16.1 Å². The van der Waals surface area contributed by atoms with E-state index in [1.54, 1.807) is 18.3 Å². The van der Waals surface area contributed by atoms with Gasteiger partial charge in [0.1, 0.15) is 4.21 Å². The molecular weight excluding hydrogens is 332 g/mol. The highest BCUT2D eigenvalue weighted by atomic mass is 32.2. The average molecular weight is 352 g/mol. The normalized spacial score (nSPS) is 22.5. The molecule has 23 heavy (non-hydrogen) atoms. The van der Waals surface area contributed by atoms with Gasteiger partial charge in [0.05, 0.1) is 17.8 Å². The third-order valence-corrected chi connectivity index (χ3v) is 7.32. The van der Waals surface area contributed by atoms with E-state index in [1.165, 1.54) is 11.3 Å². The van der Waals surface area contributed by atoms with Crippen molar-refractivity contribution in [3.63, 3.8) is 0 Å². The third kappa shape index (κ3) is 3.63. The minimum atomic E-state index is -3.59. The molecular formula is C16H20N2O3S2. The molecule has 1 aliphatic rings. The van der Waals surface area contributed by atoms with Gasteiger partial charge < -0.3 is 5.11 Å². The molecule has 3 rings (SSSR count). The van der Waals surface area contributed by atoms with Crippen LogP contribution < -0.4 is 4.72 Å². The Morgan fingerprint density at radius 3 is 2.70 bits per heavy atom. The first-order valence-electron chi connectivity index (χ1n) is 7.69. The maximum atomic E-state index is 12.7. The predicted octanol–water partition coefficient (Wildman–Crippen LogP) is 2.50. The van der Waals surface area contributed by atoms with Gasteiger partial charge in [0.2, 0.25) is 0 Å². The topological polar surface area (TPSA) is 79.3 Å². The van der Waals surface area contributed by atoms with Crippen LogP contribution in [0.25, 0.3) is 0 Å². The standard InChI is InChI=1S/C16H20N2O3S2/c1-2-13-6-7-15(22-13)23(20,21)18-16(11-9-12(19)10-11)14-5-3-4-8-17-14/h3-8,11-12,16,18-19H,2,9-10H2,1H3/t11?,12?,16-/m1/s1. The molecule has 2 heterocycles. The van der Waals surface area contributed by atoms with Crippen LogP contribution in [0.5, 0.6) is 0 Å². The van der Waals surface area contributed by atoms with Crippen molar-refractivity contribution in [3.8, 4) is 0 Å². The first kappa shape index (κ1) is 16.6. The Morgan fingerprint density at radius 1 is 1.35 bits per heavy atom. The summed E-state index contributed by atoms with van der Waals surface area (Å²) in [6.45, 7) is 2.00. The van der Waals surface area contributed by atoms with E-state index >= 15 is 0 Å². The molecule has 0 radical (unpaired) electrons. The number of pyridine rings is 1. The molecule has 0 aliphatic heterocycles. The number of aryl methyl sites for hydroxylation is 1. The first-order valence-corrected chi connectivity index (χ1v) is 9.99. The van der Waals surface area contributed by atoms with Crippen LogP contribution in [-0.2, 0) is 16.4 Å². The summed E-state index contributed by atoms with van der Waals surface area (Å²) < 4.78 is 28.5. The van der Waals surface area contributed by atoms with Crippen molar-refractivity contribution in [2.24, 2.45) is 5.92 Å². The minimum Gasteiger partial charge on any atom is -0.393 e. The van der Waals surface area contributed by atoms with Gasteiger partial charge in [0.25, 0.3) is 10.0 Å². The van der Waals surface area contributed by atoms with E-state index in [9.17, 15) is 13.5 Å². The van der Waals surface area contributed by atoms with Crippen molar-refractivity contribution < 1.29 is 13.5 Å². The van der Waals surface area contributed by atoms with Crippen LogP contribution in [0.15, 0.2) is 40.7 Å². The molecule has 1 saturated carbocycles. The quantitative estimate of drug-likeness (QED) is 0.837. The average Bonchev–Trinajstić information content (AvgIpc) is 3.01. The van der Waals surface area contributed by atoms with E-state index in [0.29, 0.717) is 22.7 Å². The lowest BCUT2D eigenvalue weighted by Crippen LogP contribution is -2.41. The largest absolute Gasteiger partial charge is 0.393 e. The molecule has 2 aromatic heterocycles. The van der Waals surface area contributed by atoms with E-state index in [0.717, 1.165) is 11.3 Å². The molecule has 124 valence electrons. The fourth-order valence-corrected chi connectivity index (χ4v) is 5.37. The van der Waals surface area contributed by atoms with Crippen LogP contribution in [0.3, 0.4) is 0 Å². The van der Waals surface area contributed by atoms with Gasteiger partial charge in [0, 0.05) is 11.1 Å². The zero-order chi connectivity index (χ0) is 16.4. The van der Waals surface area contributed by atoms with E-state index in [1.807, 2.05) is 25.1 Å². The van der Waals surface area contributed by atoms with Crippen molar-refractivity contribution in [3.05, 3.63) is 47.1 Å². The summed E-state index contributed by atoms with van der Waals surface area (Å²) in [5.74, 6) is 0.0697. The van der Waals surface area contributed by atoms with Gasteiger partial charge in [-0.25, -0.2) is 13.1 Å². The van der Waals surface area contributed by atoms with Gasteiger partial charge in [-0.3, -0.25) is 4.98 Å². The number of nitrogens with zero attached hydrogens (tertiary/aromatic N) is 1.